The van der Waals surface area contributed by atoms with Gasteiger partial charge in [-0.25, -0.2) is 9.59 Å². The van der Waals surface area contributed by atoms with E-state index in [9.17, 15) is 9.59 Å². The van der Waals surface area contributed by atoms with Crippen molar-refractivity contribution >= 4 is 12.2 Å². The summed E-state index contributed by atoms with van der Waals surface area (Å²) >= 11 is 0. The molecule has 7 nitrogen and oxygen atoms in total. The molecule has 3 saturated carbocycles. The van der Waals surface area contributed by atoms with Crippen LogP contribution in [0.15, 0.2) is 24.3 Å². The van der Waals surface area contributed by atoms with Gasteiger partial charge in [0.05, 0.1) is 19.8 Å². The number of carbonyl (C=O) groups excluding carboxylic acids is 2. The zero-order valence-corrected chi connectivity index (χ0v) is 28.9. The summed E-state index contributed by atoms with van der Waals surface area (Å²) < 4.78 is 16.6. The molecule has 7 atom stereocenters. The van der Waals surface area contributed by atoms with E-state index in [1.807, 2.05) is 0 Å². The van der Waals surface area contributed by atoms with Crippen molar-refractivity contribution in [3.05, 3.63) is 24.3 Å². The fraction of sp³-hybridized carbons (Fsp3) is 0.838. The molecule has 0 aromatic carbocycles. The van der Waals surface area contributed by atoms with Crippen molar-refractivity contribution in [2.45, 2.75) is 119 Å². The molecule has 4 aliphatic rings. The van der Waals surface area contributed by atoms with Crippen molar-refractivity contribution < 1.29 is 23.8 Å². The summed E-state index contributed by atoms with van der Waals surface area (Å²) in [5.41, 5.74) is 1.86. The molecule has 4 aliphatic carbocycles. The van der Waals surface area contributed by atoms with Crippen molar-refractivity contribution in [1.82, 2.24) is 10.6 Å². The zero-order chi connectivity index (χ0) is 32.2. The third-order valence-electron chi connectivity index (χ3n) is 11.9. The normalized spacial score (nSPS) is 36.3. The van der Waals surface area contributed by atoms with E-state index in [0.29, 0.717) is 43.6 Å². The molecule has 0 radical (unpaired) electrons. The maximum atomic E-state index is 13.1. The van der Waals surface area contributed by atoms with Gasteiger partial charge in [-0.2, -0.15) is 0 Å². The first-order valence-electron chi connectivity index (χ1n) is 17.4. The molecular formula is C37H62N2O5. The quantitative estimate of drug-likeness (QED) is 0.180. The van der Waals surface area contributed by atoms with Crippen LogP contribution in [0.25, 0.3) is 0 Å². The SMILES string of the molecule is C=CCOCCOC(=O)NC1CC(C)(C)CC(C)(CNC(=O)OCC2(C)CCCC3(C)C4CCC(C(C)C)CC4=CCC23)C1. The minimum atomic E-state index is -0.421. The van der Waals surface area contributed by atoms with E-state index in [1.54, 1.807) is 11.6 Å². The fourth-order valence-corrected chi connectivity index (χ4v) is 10.1. The Morgan fingerprint density at radius 3 is 2.55 bits per heavy atom. The number of fused-ring (bicyclic) bond motifs is 3. The zero-order valence-electron chi connectivity index (χ0n) is 28.9. The summed E-state index contributed by atoms with van der Waals surface area (Å²) in [6, 6.07) is -0.0261. The van der Waals surface area contributed by atoms with Crippen molar-refractivity contribution in [3.8, 4) is 0 Å². The van der Waals surface area contributed by atoms with Gasteiger partial charge in [-0.15, -0.1) is 6.58 Å². The van der Waals surface area contributed by atoms with E-state index < -0.39 is 6.09 Å². The number of hydrogen-bond donors (Lipinski definition) is 2. The number of rotatable bonds is 11. The number of amides is 2. The Labute approximate surface area is 267 Å². The maximum absolute atomic E-state index is 13.1. The number of hydrogen-bond acceptors (Lipinski definition) is 5. The summed E-state index contributed by atoms with van der Waals surface area (Å²) in [6.07, 6.45) is 14.7. The number of ether oxygens (including phenoxy) is 3. The van der Waals surface area contributed by atoms with Crippen LogP contribution in [0.2, 0.25) is 0 Å². The summed E-state index contributed by atoms with van der Waals surface area (Å²) in [5.74, 6) is 2.80. The molecule has 2 amide bonds. The summed E-state index contributed by atoms with van der Waals surface area (Å²) in [6.45, 7) is 21.9. The Kier molecular flexibility index (Phi) is 11.2. The first-order valence-corrected chi connectivity index (χ1v) is 17.4. The summed E-state index contributed by atoms with van der Waals surface area (Å²) in [4.78, 5) is 25.6. The molecule has 4 rings (SSSR count). The van der Waals surface area contributed by atoms with E-state index in [1.165, 1.54) is 32.1 Å². The van der Waals surface area contributed by atoms with Gasteiger partial charge in [-0.1, -0.05) is 72.6 Å². The van der Waals surface area contributed by atoms with Gasteiger partial charge in [-0.3, -0.25) is 0 Å². The lowest BCUT2D eigenvalue weighted by molar-refractivity contribution is -0.0818. The van der Waals surface area contributed by atoms with Crippen LogP contribution >= 0.6 is 0 Å². The van der Waals surface area contributed by atoms with Crippen molar-refractivity contribution in [2.75, 3.05) is 33.0 Å². The molecule has 0 aromatic heterocycles. The van der Waals surface area contributed by atoms with Crippen molar-refractivity contribution in [3.63, 3.8) is 0 Å². The van der Waals surface area contributed by atoms with E-state index in [-0.39, 0.29) is 35.0 Å². The van der Waals surface area contributed by atoms with Crippen LogP contribution in [0, 0.1) is 45.3 Å². The van der Waals surface area contributed by atoms with E-state index in [0.717, 1.165) is 43.9 Å². The van der Waals surface area contributed by atoms with Gasteiger partial charge in [-0.05, 0) is 97.7 Å². The Morgan fingerprint density at radius 2 is 1.82 bits per heavy atom. The molecule has 0 aliphatic heterocycles. The second-order valence-corrected chi connectivity index (χ2v) is 16.7. The lowest BCUT2D eigenvalue weighted by atomic mass is 9.46. The molecule has 2 N–H and O–H groups in total. The highest BCUT2D eigenvalue weighted by Gasteiger charge is 2.55. The third kappa shape index (κ3) is 8.41. The first-order chi connectivity index (χ1) is 20.7. The molecule has 0 aromatic rings. The number of alkyl carbamates (subject to hydrolysis) is 2. The van der Waals surface area contributed by atoms with Gasteiger partial charge in [0.25, 0.3) is 0 Å². The summed E-state index contributed by atoms with van der Waals surface area (Å²) in [5, 5.41) is 6.17. The Hall–Kier alpha value is -2.02. The second kappa shape index (κ2) is 14.2. The van der Waals surface area contributed by atoms with Gasteiger partial charge < -0.3 is 24.8 Å². The largest absolute Gasteiger partial charge is 0.449 e. The number of allylic oxidation sites excluding steroid dienone is 2. The van der Waals surface area contributed by atoms with Crippen LogP contribution in [0.1, 0.15) is 113 Å². The molecule has 3 fully saturated rings. The molecule has 0 bridgehead atoms. The second-order valence-electron chi connectivity index (χ2n) is 16.7. The van der Waals surface area contributed by atoms with E-state index in [2.05, 4.69) is 71.8 Å². The Bertz CT molecular complexity index is 1050. The molecule has 7 heteroatoms. The Balaban J connectivity index is 1.29. The average molecular weight is 615 g/mol. The number of nitrogens with one attached hydrogen (secondary N) is 2. The van der Waals surface area contributed by atoms with E-state index >= 15 is 0 Å². The summed E-state index contributed by atoms with van der Waals surface area (Å²) in [7, 11) is 0. The minimum Gasteiger partial charge on any atom is -0.449 e. The van der Waals surface area contributed by atoms with Crippen LogP contribution in [0.5, 0.6) is 0 Å². The Morgan fingerprint density at radius 1 is 1.05 bits per heavy atom. The standard InChI is InChI=1S/C37H62N2O5/c1-9-17-42-18-19-43-33(41)39-29-21-34(4,5)23-35(6,22-29)24-38-32(40)44-25-36(7)15-10-16-37(8)30-13-11-27(26(2)3)20-28(30)12-14-31(36)37/h9,12,26-27,29-31H,1,10-11,13-25H2,2-8H3,(H,38,40)(H,39,41). The minimum absolute atomic E-state index is 0.00982. The molecule has 0 saturated heterocycles. The predicted molar refractivity (Wildman–Crippen MR) is 176 cm³/mol. The van der Waals surface area contributed by atoms with E-state index in [4.69, 9.17) is 14.2 Å². The molecule has 0 heterocycles. The van der Waals surface area contributed by atoms with Crippen LogP contribution in [-0.2, 0) is 14.2 Å². The van der Waals surface area contributed by atoms with Crippen LogP contribution in [-0.4, -0.2) is 51.2 Å². The van der Waals surface area contributed by atoms with Gasteiger partial charge in [0, 0.05) is 18.0 Å². The third-order valence-corrected chi connectivity index (χ3v) is 11.9. The van der Waals surface area contributed by atoms with Crippen LogP contribution in [0.3, 0.4) is 0 Å². The highest BCUT2D eigenvalue weighted by Crippen LogP contribution is 2.63. The highest BCUT2D eigenvalue weighted by atomic mass is 16.6. The molecule has 44 heavy (non-hydrogen) atoms. The molecule has 250 valence electrons. The average Bonchev–Trinajstić information content (AvgIpc) is 2.93. The topological polar surface area (TPSA) is 85.9 Å². The van der Waals surface area contributed by atoms with Crippen molar-refractivity contribution in [2.24, 2.45) is 45.3 Å². The fourth-order valence-electron chi connectivity index (χ4n) is 10.1. The highest BCUT2D eigenvalue weighted by molar-refractivity contribution is 5.68. The first kappa shape index (κ1) is 34.8. The number of carbonyl (C=O) groups is 2. The molecule has 0 spiro atoms. The van der Waals surface area contributed by atoms with Crippen LogP contribution < -0.4 is 10.6 Å². The van der Waals surface area contributed by atoms with Gasteiger partial charge in [0.2, 0.25) is 0 Å². The lowest BCUT2D eigenvalue weighted by Gasteiger charge is -2.59. The van der Waals surface area contributed by atoms with Gasteiger partial charge in [0.15, 0.2) is 0 Å². The van der Waals surface area contributed by atoms with Gasteiger partial charge in [0.1, 0.15) is 6.61 Å². The van der Waals surface area contributed by atoms with Crippen molar-refractivity contribution in [1.29, 1.82) is 0 Å². The smallest absolute Gasteiger partial charge is 0.407 e. The monoisotopic (exact) mass is 614 g/mol. The van der Waals surface area contributed by atoms with Crippen LogP contribution in [0.4, 0.5) is 9.59 Å². The molecular weight excluding hydrogens is 552 g/mol. The molecule has 7 unspecified atom stereocenters. The maximum Gasteiger partial charge on any atom is 0.407 e. The lowest BCUT2D eigenvalue weighted by Crippen LogP contribution is -2.53. The predicted octanol–water partition coefficient (Wildman–Crippen LogP) is 8.44. The van der Waals surface area contributed by atoms with Gasteiger partial charge >= 0.3 is 12.2 Å².